The predicted molar refractivity (Wildman–Crippen MR) is 103 cm³/mol. The molecule has 3 rings (SSSR count). The normalized spacial score (nSPS) is 17.1. The summed E-state index contributed by atoms with van der Waals surface area (Å²) in [7, 11) is 0. The van der Waals surface area contributed by atoms with Crippen molar-refractivity contribution in [2.75, 3.05) is 19.6 Å². The van der Waals surface area contributed by atoms with Crippen molar-refractivity contribution in [3.05, 3.63) is 54.1 Å². The quantitative estimate of drug-likeness (QED) is 0.672. The Morgan fingerprint density at radius 3 is 2.76 bits per heavy atom. The third kappa shape index (κ3) is 4.62. The summed E-state index contributed by atoms with van der Waals surface area (Å²) in [6, 6.07) is 10.5. The molecule has 0 atom stereocenters. The number of likely N-dealkylation sites (tertiary alicyclic amines) is 1. The molecular weight excluding hydrogens is 310 g/mol. The van der Waals surface area contributed by atoms with Crippen LogP contribution in [0, 0.1) is 5.41 Å². The number of nitrogens with zero attached hydrogens (tertiary/aromatic N) is 4. The molecule has 0 radical (unpaired) electrons. The molecule has 1 saturated heterocycles. The van der Waals surface area contributed by atoms with E-state index in [0.717, 1.165) is 38.0 Å². The molecule has 5 nitrogen and oxygen atoms in total. The molecule has 1 fully saturated rings. The van der Waals surface area contributed by atoms with Crippen LogP contribution in [0.25, 0.3) is 0 Å². The minimum Gasteiger partial charge on any atom is -0.357 e. The van der Waals surface area contributed by atoms with Crippen LogP contribution in [-0.2, 0) is 13.1 Å². The highest BCUT2D eigenvalue weighted by Crippen LogP contribution is 2.28. The van der Waals surface area contributed by atoms with Gasteiger partial charge in [0.2, 0.25) is 0 Å². The number of rotatable bonds is 5. The molecule has 2 aromatic rings. The van der Waals surface area contributed by atoms with Crippen molar-refractivity contribution in [2.45, 2.75) is 40.3 Å². The van der Waals surface area contributed by atoms with Crippen LogP contribution in [0.4, 0.5) is 0 Å². The third-order valence-corrected chi connectivity index (χ3v) is 4.68. The fourth-order valence-corrected chi connectivity index (χ4v) is 3.28. The molecule has 1 N–H and O–H groups in total. The average Bonchev–Trinajstić information content (AvgIpc) is 3.18. The first kappa shape index (κ1) is 17.5. The van der Waals surface area contributed by atoms with Crippen molar-refractivity contribution in [3.63, 3.8) is 0 Å². The van der Waals surface area contributed by atoms with E-state index in [2.05, 4.69) is 64.8 Å². The van der Waals surface area contributed by atoms with Crippen molar-refractivity contribution >= 4 is 5.96 Å². The minimum atomic E-state index is 0.363. The van der Waals surface area contributed by atoms with Crippen LogP contribution in [0.3, 0.4) is 0 Å². The van der Waals surface area contributed by atoms with Crippen molar-refractivity contribution in [1.82, 2.24) is 19.8 Å². The SMILES string of the molecule is CCNC(=NCc1nccn1Cc1ccccc1)N1CCC(C)(C)C1. The van der Waals surface area contributed by atoms with E-state index in [0.29, 0.717) is 12.0 Å². The van der Waals surface area contributed by atoms with E-state index in [1.54, 1.807) is 0 Å². The molecule has 0 amide bonds. The number of benzene rings is 1. The van der Waals surface area contributed by atoms with Gasteiger partial charge >= 0.3 is 0 Å². The molecule has 1 aromatic carbocycles. The molecule has 0 bridgehead atoms. The van der Waals surface area contributed by atoms with Gasteiger partial charge in [0.15, 0.2) is 5.96 Å². The van der Waals surface area contributed by atoms with E-state index >= 15 is 0 Å². The van der Waals surface area contributed by atoms with Gasteiger partial charge in [-0.15, -0.1) is 0 Å². The highest BCUT2D eigenvalue weighted by atomic mass is 15.3. The van der Waals surface area contributed by atoms with E-state index in [4.69, 9.17) is 4.99 Å². The first-order valence-electron chi connectivity index (χ1n) is 9.14. The van der Waals surface area contributed by atoms with Crippen molar-refractivity contribution in [1.29, 1.82) is 0 Å². The molecule has 0 aliphatic carbocycles. The van der Waals surface area contributed by atoms with Crippen LogP contribution in [0.2, 0.25) is 0 Å². The first-order chi connectivity index (χ1) is 12.1. The number of hydrogen-bond donors (Lipinski definition) is 1. The number of aliphatic imine (C=N–C) groups is 1. The summed E-state index contributed by atoms with van der Waals surface area (Å²) in [6.07, 6.45) is 5.10. The molecule has 1 aromatic heterocycles. The van der Waals surface area contributed by atoms with Gasteiger partial charge in [0.05, 0.1) is 0 Å². The molecule has 1 aliphatic rings. The monoisotopic (exact) mass is 339 g/mol. The van der Waals surface area contributed by atoms with Crippen molar-refractivity contribution in [3.8, 4) is 0 Å². The van der Waals surface area contributed by atoms with Gasteiger partial charge in [-0.1, -0.05) is 44.2 Å². The second kappa shape index (κ2) is 7.72. The molecule has 25 heavy (non-hydrogen) atoms. The van der Waals surface area contributed by atoms with Gasteiger partial charge < -0.3 is 14.8 Å². The Morgan fingerprint density at radius 2 is 2.08 bits per heavy atom. The number of nitrogens with one attached hydrogen (secondary N) is 1. The van der Waals surface area contributed by atoms with E-state index in [1.165, 1.54) is 12.0 Å². The molecule has 134 valence electrons. The summed E-state index contributed by atoms with van der Waals surface area (Å²) < 4.78 is 2.18. The highest BCUT2D eigenvalue weighted by Gasteiger charge is 2.30. The third-order valence-electron chi connectivity index (χ3n) is 4.68. The fraction of sp³-hybridized carbons (Fsp3) is 0.500. The van der Waals surface area contributed by atoms with Gasteiger partial charge in [0.25, 0.3) is 0 Å². The smallest absolute Gasteiger partial charge is 0.194 e. The Balaban J connectivity index is 1.70. The predicted octanol–water partition coefficient (Wildman–Crippen LogP) is 3.13. The Kier molecular flexibility index (Phi) is 5.41. The Bertz CT molecular complexity index is 702. The summed E-state index contributed by atoms with van der Waals surface area (Å²) in [4.78, 5) is 11.7. The molecule has 2 heterocycles. The summed E-state index contributed by atoms with van der Waals surface area (Å²) in [5.74, 6) is 2.00. The Labute approximate surface area is 150 Å². The minimum absolute atomic E-state index is 0.363. The van der Waals surface area contributed by atoms with Crippen LogP contribution >= 0.6 is 0 Å². The lowest BCUT2D eigenvalue weighted by Gasteiger charge is -2.23. The molecular formula is C20H29N5. The van der Waals surface area contributed by atoms with Crippen LogP contribution in [0.1, 0.15) is 38.6 Å². The number of imidazole rings is 1. The van der Waals surface area contributed by atoms with Crippen LogP contribution in [0.15, 0.2) is 47.7 Å². The van der Waals surface area contributed by atoms with Gasteiger partial charge in [-0.3, -0.25) is 0 Å². The fourth-order valence-electron chi connectivity index (χ4n) is 3.28. The lowest BCUT2D eigenvalue weighted by molar-refractivity contribution is 0.370. The average molecular weight is 339 g/mol. The van der Waals surface area contributed by atoms with Gasteiger partial charge in [-0.25, -0.2) is 9.98 Å². The standard InChI is InChI=1S/C20H29N5/c1-4-21-19(25-12-10-20(2,3)16-25)23-14-18-22-11-13-24(18)15-17-8-6-5-7-9-17/h5-9,11,13H,4,10,12,14-16H2,1-3H3,(H,21,23). The van der Waals surface area contributed by atoms with Crippen LogP contribution in [-0.4, -0.2) is 40.0 Å². The van der Waals surface area contributed by atoms with Gasteiger partial charge in [-0.2, -0.15) is 0 Å². The van der Waals surface area contributed by atoms with Crippen LogP contribution < -0.4 is 5.32 Å². The maximum atomic E-state index is 4.85. The van der Waals surface area contributed by atoms with Gasteiger partial charge in [0, 0.05) is 38.6 Å². The van der Waals surface area contributed by atoms with E-state index in [1.807, 2.05) is 18.5 Å². The number of guanidine groups is 1. The number of hydrogen-bond acceptors (Lipinski definition) is 2. The summed E-state index contributed by atoms with van der Waals surface area (Å²) in [5.41, 5.74) is 1.64. The Hall–Kier alpha value is -2.30. The van der Waals surface area contributed by atoms with Crippen molar-refractivity contribution in [2.24, 2.45) is 10.4 Å². The van der Waals surface area contributed by atoms with Crippen LogP contribution in [0.5, 0.6) is 0 Å². The summed E-state index contributed by atoms with van der Waals surface area (Å²) in [5, 5.41) is 3.43. The second-order valence-electron chi connectivity index (χ2n) is 7.46. The topological polar surface area (TPSA) is 45.5 Å². The first-order valence-corrected chi connectivity index (χ1v) is 9.14. The maximum Gasteiger partial charge on any atom is 0.194 e. The molecule has 1 aliphatic heterocycles. The lowest BCUT2D eigenvalue weighted by atomic mass is 9.93. The van der Waals surface area contributed by atoms with Crippen molar-refractivity contribution < 1.29 is 0 Å². The molecule has 0 spiro atoms. The second-order valence-corrected chi connectivity index (χ2v) is 7.46. The Morgan fingerprint density at radius 1 is 1.28 bits per heavy atom. The van der Waals surface area contributed by atoms with Gasteiger partial charge in [0.1, 0.15) is 12.4 Å². The van der Waals surface area contributed by atoms with Gasteiger partial charge in [-0.05, 0) is 24.3 Å². The van der Waals surface area contributed by atoms with E-state index in [9.17, 15) is 0 Å². The zero-order valence-electron chi connectivity index (χ0n) is 15.6. The highest BCUT2D eigenvalue weighted by molar-refractivity contribution is 5.80. The summed E-state index contributed by atoms with van der Waals surface area (Å²) >= 11 is 0. The zero-order valence-corrected chi connectivity index (χ0v) is 15.6. The maximum absolute atomic E-state index is 4.85. The molecule has 0 unspecified atom stereocenters. The lowest BCUT2D eigenvalue weighted by Crippen LogP contribution is -2.40. The zero-order chi connectivity index (χ0) is 17.7. The number of aromatic nitrogens is 2. The summed E-state index contributed by atoms with van der Waals surface area (Å²) in [6.45, 7) is 11.2. The van der Waals surface area contributed by atoms with E-state index < -0.39 is 0 Å². The largest absolute Gasteiger partial charge is 0.357 e. The molecule has 0 saturated carbocycles. The van der Waals surface area contributed by atoms with E-state index in [-0.39, 0.29) is 0 Å². The molecule has 5 heteroatoms.